The van der Waals surface area contributed by atoms with Crippen LogP contribution in [0.5, 0.6) is 0 Å². The molecule has 2 heterocycles. The molecule has 2 rings (SSSR count). The van der Waals surface area contributed by atoms with Gasteiger partial charge in [-0.3, -0.25) is 0 Å². The fraction of sp³-hybridized carbons (Fsp3) is 0.400. The lowest BCUT2D eigenvalue weighted by Gasteiger charge is -2.00. The van der Waals surface area contributed by atoms with Gasteiger partial charge >= 0.3 is 5.97 Å². The fourth-order valence-corrected chi connectivity index (χ4v) is 1.46. The van der Waals surface area contributed by atoms with Crippen molar-refractivity contribution in [1.82, 2.24) is 4.40 Å². The molecule has 0 bridgehead atoms. The van der Waals surface area contributed by atoms with Gasteiger partial charge in [-0.1, -0.05) is 27.7 Å². The molecule has 0 aromatic carbocycles. The zero-order valence-electron chi connectivity index (χ0n) is 12.2. The maximum Gasteiger partial charge on any atom is 0.340 e. The number of halogens is 1. The molecule has 0 spiro atoms. The van der Waals surface area contributed by atoms with E-state index in [2.05, 4.69) is 0 Å². The first-order valence-corrected chi connectivity index (χ1v) is 6.65. The van der Waals surface area contributed by atoms with Crippen molar-refractivity contribution in [2.45, 2.75) is 34.6 Å². The van der Waals surface area contributed by atoms with E-state index in [4.69, 9.17) is 4.74 Å². The van der Waals surface area contributed by atoms with Crippen LogP contribution in [-0.2, 0) is 4.74 Å². The van der Waals surface area contributed by atoms with Crippen LogP contribution < -0.4 is 0 Å². The molecule has 0 aliphatic heterocycles. The summed E-state index contributed by atoms with van der Waals surface area (Å²) in [7, 11) is 0. The lowest BCUT2D eigenvalue weighted by molar-refractivity contribution is 0.0529. The summed E-state index contributed by atoms with van der Waals surface area (Å²) in [5.41, 5.74) is 1.10. The molecule has 3 nitrogen and oxygen atoms in total. The van der Waals surface area contributed by atoms with Crippen LogP contribution in [0.4, 0.5) is 4.39 Å². The van der Waals surface area contributed by atoms with Crippen LogP contribution in [0.2, 0.25) is 0 Å². The quantitative estimate of drug-likeness (QED) is 0.759. The second-order valence-corrected chi connectivity index (χ2v) is 3.09. The SMILES string of the molecule is CC.CC.CCOC(=O)c1ccn2cc(F)ccc12. The Labute approximate surface area is 114 Å². The van der Waals surface area contributed by atoms with Crippen molar-refractivity contribution in [3.05, 3.63) is 42.0 Å². The fourth-order valence-electron chi connectivity index (χ4n) is 1.46. The summed E-state index contributed by atoms with van der Waals surface area (Å²) in [5, 5.41) is 0. The number of rotatable bonds is 2. The molecule has 0 amide bonds. The third-order valence-corrected chi connectivity index (χ3v) is 2.11. The largest absolute Gasteiger partial charge is 0.462 e. The van der Waals surface area contributed by atoms with Gasteiger partial charge in [0.25, 0.3) is 0 Å². The number of pyridine rings is 1. The number of hydrogen-bond donors (Lipinski definition) is 0. The predicted octanol–water partition coefficient (Wildman–Crippen LogP) is 4.31. The summed E-state index contributed by atoms with van der Waals surface area (Å²) in [6.07, 6.45) is 2.95. The number of esters is 1. The molecule has 0 aliphatic carbocycles. The molecule has 0 saturated heterocycles. The minimum absolute atomic E-state index is 0.331. The van der Waals surface area contributed by atoms with E-state index in [0.29, 0.717) is 17.7 Å². The Bertz CT molecular complexity index is 506. The first kappa shape index (κ1) is 17.2. The van der Waals surface area contributed by atoms with E-state index >= 15 is 0 Å². The maximum absolute atomic E-state index is 12.9. The summed E-state index contributed by atoms with van der Waals surface area (Å²) in [6.45, 7) is 10.1. The van der Waals surface area contributed by atoms with E-state index in [1.54, 1.807) is 29.7 Å². The molecule has 0 radical (unpaired) electrons. The van der Waals surface area contributed by atoms with E-state index in [1.165, 1.54) is 12.3 Å². The van der Waals surface area contributed by atoms with E-state index in [9.17, 15) is 9.18 Å². The third-order valence-electron chi connectivity index (χ3n) is 2.11. The van der Waals surface area contributed by atoms with E-state index in [1.807, 2.05) is 27.7 Å². The van der Waals surface area contributed by atoms with Gasteiger partial charge in [-0.15, -0.1) is 0 Å². The van der Waals surface area contributed by atoms with Gasteiger partial charge < -0.3 is 9.14 Å². The molecule has 0 fully saturated rings. The third kappa shape index (κ3) is 4.39. The van der Waals surface area contributed by atoms with Crippen LogP contribution in [-0.4, -0.2) is 17.0 Å². The molecule has 4 heteroatoms. The van der Waals surface area contributed by atoms with Gasteiger partial charge in [-0.25, -0.2) is 9.18 Å². The van der Waals surface area contributed by atoms with Crippen LogP contribution in [0.1, 0.15) is 45.0 Å². The molecule has 0 saturated carbocycles. The number of carbonyl (C=O) groups is 1. The smallest absolute Gasteiger partial charge is 0.340 e. The van der Waals surface area contributed by atoms with E-state index in [0.717, 1.165) is 0 Å². The molecule has 2 aromatic heterocycles. The van der Waals surface area contributed by atoms with Crippen LogP contribution in [0.15, 0.2) is 30.6 Å². The van der Waals surface area contributed by atoms with Crippen LogP contribution in [0, 0.1) is 5.82 Å². The molecular weight excluding hydrogens is 245 g/mol. The zero-order chi connectivity index (χ0) is 14.8. The lowest BCUT2D eigenvalue weighted by atomic mass is 10.2. The minimum Gasteiger partial charge on any atom is -0.462 e. The summed E-state index contributed by atoms with van der Waals surface area (Å²) >= 11 is 0. The van der Waals surface area contributed by atoms with Crippen molar-refractivity contribution >= 4 is 11.5 Å². The molecule has 106 valence electrons. The Morgan fingerprint density at radius 3 is 2.42 bits per heavy atom. The normalized spacial score (nSPS) is 8.95. The second kappa shape index (κ2) is 9.14. The summed E-state index contributed by atoms with van der Waals surface area (Å²) in [6, 6.07) is 4.49. The molecule has 0 N–H and O–H groups in total. The van der Waals surface area contributed by atoms with E-state index in [-0.39, 0.29) is 11.8 Å². The van der Waals surface area contributed by atoms with Crippen molar-refractivity contribution in [2.75, 3.05) is 6.61 Å². The average Bonchev–Trinajstić information content (AvgIpc) is 2.86. The number of nitrogens with zero attached hydrogens (tertiary/aromatic N) is 1. The highest BCUT2D eigenvalue weighted by Gasteiger charge is 2.11. The lowest BCUT2D eigenvalue weighted by Crippen LogP contribution is -2.03. The summed E-state index contributed by atoms with van der Waals surface area (Å²) in [4.78, 5) is 11.5. The maximum atomic E-state index is 12.9. The Hall–Kier alpha value is -1.84. The van der Waals surface area contributed by atoms with Gasteiger partial charge in [-0.2, -0.15) is 0 Å². The van der Waals surface area contributed by atoms with Gasteiger partial charge in [0.2, 0.25) is 0 Å². The van der Waals surface area contributed by atoms with Gasteiger partial charge in [0, 0.05) is 12.4 Å². The Morgan fingerprint density at radius 2 is 1.84 bits per heavy atom. The van der Waals surface area contributed by atoms with Crippen molar-refractivity contribution < 1.29 is 13.9 Å². The molecule has 0 unspecified atom stereocenters. The van der Waals surface area contributed by atoms with Gasteiger partial charge in [0.15, 0.2) is 0 Å². The molecule has 2 aromatic rings. The predicted molar refractivity (Wildman–Crippen MR) is 76.0 cm³/mol. The molecular formula is C15H22FNO2. The first-order valence-electron chi connectivity index (χ1n) is 6.65. The van der Waals surface area contributed by atoms with Gasteiger partial charge in [0.1, 0.15) is 5.82 Å². The molecule has 0 aliphatic rings. The average molecular weight is 267 g/mol. The van der Waals surface area contributed by atoms with Crippen LogP contribution in [0.3, 0.4) is 0 Å². The zero-order valence-corrected chi connectivity index (χ0v) is 12.2. The number of hydrogen-bond acceptors (Lipinski definition) is 2. The van der Waals surface area contributed by atoms with Crippen molar-refractivity contribution in [2.24, 2.45) is 0 Å². The number of carbonyl (C=O) groups excluding carboxylic acids is 1. The Balaban J connectivity index is 0.000000741. The van der Waals surface area contributed by atoms with Gasteiger partial charge in [-0.05, 0) is 25.1 Å². The summed E-state index contributed by atoms with van der Waals surface area (Å²) in [5.74, 6) is -0.722. The minimum atomic E-state index is -0.383. The Morgan fingerprint density at radius 1 is 1.21 bits per heavy atom. The number of ether oxygens (including phenoxy) is 1. The Kier molecular flexibility index (Phi) is 8.25. The van der Waals surface area contributed by atoms with E-state index < -0.39 is 0 Å². The topological polar surface area (TPSA) is 30.7 Å². The highest BCUT2D eigenvalue weighted by molar-refractivity contribution is 5.97. The number of aromatic nitrogens is 1. The van der Waals surface area contributed by atoms with Crippen molar-refractivity contribution in [3.63, 3.8) is 0 Å². The standard InChI is InChI=1S/C11H10FNO2.2C2H6/c1-2-15-11(14)9-5-6-13-7-8(12)3-4-10(9)13;2*1-2/h3-7H,2H2,1H3;2*1-2H3. The van der Waals surface area contributed by atoms with Crippen molar-refractivity contribution in [3.8, 4) is 0 Å². The number of fused-ring (bicyclic) bond motifs is 1. The van der Waals surface area contributed by atoms with Crippen LogP contribution >= 0.6 is 0 Å². The highest BCUT2D eigenvalue weighted by Crippen LogP contribution is 2.14. The molecule has 0 atom stereocenters. The van der Waals surface area contributed by atoms with Crippen molar-refractivity contribution in [1.29, 1.82) is 0 Å². The first-order chi connectivity index (χ1) is 9.22. The highest BCUT2D eigenvalue weighted by atomic mass is 19.1. The summed E-state index contributed by atoms with van der Waals surface area (Å²) < 4.78 is 19.3. The monoisotopic (exact) mass is 267 g/mol. The molecule has 19 heavy (non-hydrogen) atoms. The van der Waals surface area contributed by atoms with Gasteiger partial charge in [0.05, 0.1) is 17.7 Å². The van der Waals surface area contributed by atoms with Crippen LogP contribution in [0.25, 0.3) is 5.52 Å². The second-order valence-electron chi connectivity index (χ2n) is 3.09.